The number of hydrogen-bond acceptors (Lipinski definition) is 7. The molecule has 0 spiro atoms. The molecule has 2 aromatic rings. The molecule has 1 aliphatic rings. The molecule has 0 saturated carbocycles. The summed E-state index contributed by atoms with van der Waals surface area (Å²) in [7, 11) is 0. The molecule has 3 rings (SSSR count). The first-order chi connectivity index (χ1) is 12.9. The number of hydrogen-bond donors (Lipinski definition) is 1. The molecule has 0 atom stereocenters. The zero-order valence-corrected chi connectivity index (χ0v) is 15.2. The van der Waals surface area contributed by atoms with Gasteiger partial charge in [-0.2, -0.15) is 5.26 Å². The normalized spacial score (nSPS) is 12.1. The zero-order valence-electron chi connectivity index (χ0n) is 14.4. The van der Waals surface area contributed by atoms with Crippen molar-refractivity contribution >= 4 is 33.9 Å². The summed E-state index contributed by atoms with van der Waals surface area (Å²) in [6.07, 6.45) is 2.72. The first-order valence-corrected chi connectivity index (χ1v) is 8.99. The average molecular weight is 385 g/mol. The summed E-state index contributed by atoms with van der Waals surface area (Å²) in [4.78, 5) is 35.7. The fourth-order valence-electron chi connectivity index (χ4n) is 3.02. The second-order valence-electron chi connectivity index (χ2n) is 6.00. The van der Waals surface area contributed by atoms with Crippen molar-refractivity contribution in [2.75, 3.05) is 11.9 Å². The van der Waals surface area contributed by atoms with Crippen molar-refractivity contribution in [1.82, 2.24) is 0 Å². The Hall–Kier alpha value is -3.25. The molecule has 0 aliphatic heterocycles. The molecule has 0 bridgehead atoms. The number of rotatable bonds is 5. The predicted molar refractivity (Wildman–Crippen MR) is 97.8 cm³/mol. The SMILES string of the molecule is Cc1c(C(=O)OCC(=O)Nc2sc3c(c2C#N)CCC3)cccc1[N+](=O)[O-]. The number of nitro benzene ring substituents is 1. The Morgan fingerprint density at radius 1 is 1.41 bits per heavy atom. The number of thiophene rings is 1. The van der Waals surface area contributed by atoms with Gasteiger partial charge in [-0.1, -0.05) is 6.07 Å². The third-order valence-electron chi connectivity index (χ3n) is 4.34. The van der Waals surface area contributed by atoms with E-state index >= 15 is 0 Å². The highest BCUT2D eigenvalue weighted by Gasteiger charge is 2.24. The molecule has 138 valence electrons. The fraction of sp³-hybridized carbons (Fsp3) is 0.278. The predicted octanol–water partition coefficient (Wildman–Crippen LogP) is 3.12. The number of nitro groups is 1. The number of carbonyl (C=O) groups excluding carboxylic acids is 2. The number of anilines is 1. The lowest BCUT2D eigenvalue weighted by atomic mass is 10.1. The van der Waals surface area contributed by atoms with E-state index in [1.165, 1.54) is 36.5 Å². The van der Waals surface area contributed by atoms with Gasteiger partial charge in [0.25, 0.3) is 11.6 Å². The van der Waals surface area contributed by atoms with Gasteiger partial charge in [-0.05, 0) is 37.8 Å². The number of ether oxygens (including phenoxy) is 1. The Balaban J connectivity index is 1.65. The van der Waals surface area contributed by atoms with E-state index < -0.39 is 23.4 Å². The van der Waals surface area contributed by atoms with Gasteiger partial charge in [0, 0.05) is 16.5 Å². The van der Waals surface area contributed by atoms with Crippen LogP contribution in [0.15, 0.2) is 18.2 Å². The largest absolute Gasteiger partial charge is 0.452 e. The summed E-state index contributed by atoms with van der Waals surface area (Å²) in [6.45, 7) is 0.898. The standard InChI is InChI=1S/C18H15N3O5S/c1-10-11(4-2-6-14(10)21(24)25)18(23)26-9-16(22)20-17-13(8-19)12-5-3-7-15(12)27-17/h2,4,6H,3,5,7,9H2,1H3,(H,20,22). The van der Waals surface area contributed by atoms with E-state index in [4.69, 9.17) is 4.74 Å². The monoisotopic (exact) mass is 385 g/mol. The lowest BCUT2D eigenvalue weighted by Crippen LogP contribution is -2.21. The molecule has 1 aromatic carbocycles. The summed E-state index contributed by atoms with van der Waals surface area (Å²) < 4.78 is 4.98. The van der Waals surface area contributed by atoms with E-state index in [9.17, 15) is 25.0 Å². The van der Waals surface area contributed by atoms with Crippen LogP contribution in [0.2, 0.25) is 0 Å². The molecule has 1 N–H and O–H groups in total. The minimum atomic E-state index is -0.819. The van der Waals surface area contributed by atoms with Crippen molar-refractivity contribution in [3.05, 3.63) is 55.4 Å². The van der Waals surface area contributed by atoms with E-state index in [0.717, 1.165) is 29.7 Å². The molecule has 1 heterocycles. The van der Waals surface area contributed by atoms with Crippen LogP contribution < -0.4 is 5.32 Å². The van der Waals surface area contributed by atoms with Crippen LogP contribution in [0.1, 0.15) is 38.3 Å². The van der Waals surface area contributed by atoms with Crippen LogP contribution in [0.4, 0.5) is 10.7 Å². The van der Waals surface area contributed by atoms with Crippen LogP contribution in [0, 0.1) is 28.4 Å². The van der Waals surface area contributed by atoms with E-state index in [1.807, 2.05) is 0 Å². The number of carbonyl (C=O) groups is 2. The molecular weight excluding hydrogens is 370 g/mol. The summed E-state index contributed by atoms with van der Waals surface area (Å²) in [6, 6.07) is 6.20. The molecule has 0 unspecified atom stereocenters. The molecular formula is C18H15N3O5S. The van der Waals surface area contributed by atoms with Gasteiger partial charge in [0.05, 0.1) is 16.1 Å². The quantitative estimate of drug-likeness (QED) is 0.479. The molecule has 27 heavy (non-hydrogen) atoms. The lowest BCUT2D eigenvalue weighted by Gasteiger charge is -2.08. The Labute approximate surface area is 158 Å². The van der Waals surface area contributed by atoms with Gasteiger partial charge in [-0.25, -0.2) is 4.79 Å². The van der Waals surface area contributed by atoms with Gasteiger partial charge in [0.15, 0.2) is 6.61 Å². The summed E-state index contributed by atoms with van der Waals surface area (Å²) in [5, 5.41) is 23.3. The van der Waals surface area contributed by atoms with Crippen molar-refractivity contribution in [2.45, 2.75) is 26.2 Å². The molecule has 0 saturated heterocycles. The van der Waals surface area contributed by atoms with E-state index in [0.29, 0.717) is 10.6 Å². The summed E-state index contributed by atoms with van der Waals surface area (Å²) in [5.41, 5.74) is 1.48. The lowest BCUT2D eigenvalue weighted by molar-refractivity contribution is -0.385. The third-order valence-corrected chi connectivity index (χ3v) is 5.55. The third kappa shape index (κ3) is 3.66. The van der Waals surface area contributed by atoms with Crippen LogP contribution in [0.3, 0.4) is 0 Å². The minimum Gasteiger partial charge on any atom is -0.452 e. The molecule has 1 aliphatic carbocycles. The molecule has 9 heteroatoms. The second kappa shape index (κ2) is 7.55. The van der Waals surface area contributed by atoms with Gasteiger partial charge in [0.1, 0.15) is 11.1 Å². The summed E-state index contributed by atoms with van der Waals surface area (Å²) >= 11 is 1.37. The Bertz CT molecular complexity index is 990. The zero-order chi connectivity index (χ0) is 19.6. The highest BCUT2D eigenvalue weighted by Crippen LogP contribution is 2.38. The van der Waals surface area contributed by atoms with Crippen LogP contribution in [0.25, 0.3) is 0 Å². The van der Waals surface area contributed by atoms with Gasteiger partial charge in [-0.15, -0.1) is 11.3 Å². The smallest absolute Gasteiger partial charge is 0.339 e. The van der Waals surface area contributed by atoms with E-state index in [2.05, 4.69) is 11.4 Å². The maximum Gasteiger partial charge on any atom is 0.339 e. The van der Waals surface area contributed by atoms with Crippen LogP contribution in [0.5, 0.6) is 0 Å². The minimum absolute atomic E-state index is 0.0322. The number of benzene rings is 1. The van der Waals surface area contributed by atoms with Crippen LogP contribution in [-0.4, -0.2) is 23.4 Å². The van der Waals surface area contributed by atoms with Crippen molar-refractivity contribution in [3.8, 4) is 6.07 Å². The first-order valence-electron chi connectivity index (χ1n) is 8.18. The van der Waals surface area contributed by atoms with Crippen molar-refractivity contribution < 1.29 is 19.2 Å². The fourth-order valence-corrected chi connectivity index (χ4v) is 4.28. The highest BCUT2D eigenvalue weighted by atomic mass is 32.1. The van der Waals surface area contributed by atoms with Gasteiger partial charge < -0.3 is 10.1 Å². The van der Waals surface area contributed by atoms with E-state index in [1.54, 1.807) is 0 Å². The maximum atomic E-state index is 12.2. The molecule has 8 nitrogen and oxygen atoms in total. The Morgan fingerprint density at radius 3 is 2.89 bits per heavy atom. The first kappa shape index (κ1) is 18.5. The highest BCUT2D eigenvalue weighted by molar-refractivity contribution is 7.16. The van der Waals surface area contributed by atoms with Gasteiger partial charge >= 0.3 is 5.97 Å². The average Bonchev–Trinajstić information content (AvgIpc) is 3.20. The van der Waals surface area contributed by atoms with Gasteiger partial charge in [-0.3, -0.25) is 14.9 Å². The number of amides is 1. The van der Waals surface area contributed by atoms with Crippen molar-refractivity contribution in [1.29, 1.82) is 5.26 Å². The molecule has 0 radical (unpaired) electrons. The number of fused-ring (bicyclic) bond motifs is 1. The Kier molecular flexibility index (Phi) is 5.19. The van der Waals surface area contributed by atoms with E-state index in [-0.39, 0.29) is 16.8 Å². The van der Waals surface area contributed by atoms with Crippen LogP contribution in [-0.2, 0) is 22.4 Å². The number of nitriles is 1. The van der Waals surface area contributed by atoms with Crippen molar-refractivity contribution in [2.24, 2.45) is 0 Å². The topological polar surface area (TPSA) is 122 Å². The number of nitrogens with one attached hydrogen (secondary N) is 1. The van der Waals surface area contributed by atoms with Crippen LogP contribution >= 0.6 is 11.3 Å². The number of esters is 1. The maximum absolute atomic E-state index is 12.2. The number of nitrogens with zero attached hydrogens (tertiary/aromatic N) is 2. The summed E-state index contributed by atoms with van der Waals surface area (Å²) in [5.74, 6) is -1.39. The molecule has 1 aromatic heterocycles. The van der Waals surface area contributed by atoms with Gasteiger partial charge in [0.2, 0.25) is 0 Å². The number of aryl methyl sites for hydroxylation is 1. The second-order valence-corrected chi connectivity index (χ2v) is 7.11. The molecule has 1 amide bonds. The molecule has 0 fully saturated rings. The Morgan fingerprint density at radius 2 is 2.19 bits per heavy atom. The van der Waals surface area contributed by atoms with Crippen molar-refractivity contribution in [3.63, 3.8) is 0 Å².